The highest BCUT2D eigenvalue weighted by Gasteiger charge is 2.09. The lowest BCUT2D eigenvalue weighted by molar-refractivity contribution is 0.0948. The third-order valence-corrected chi connectivity index (χ3v) is 3.01. The van der Waals surface area contributed by atoms with Gasteiger partial charge in [-0.2, -0.15) is 0 Å². The van der Waals surface area contributed by atoms with Crippen molar-refractivity contribution in [3.05, 3.63) is 36.0 Å². The van der Waals surface area contributed by atoms with E-state index in [2.05, 4.69) is 16.2 Å². The summed E-state index contributed by atoms with van der Waals surface area (Å²) in [6.45, 7) is 0.592. The van der Waals surface area contributed by atoms with E-state index < -0.39 is 0 Å². The molecule has 0 fully saturated rings. The molecule has 1 heterocycles. The molecule has 1 aromatic heterocycles. The van der Waals surface area contributed by atoms with Crippen molar-refractivity contribution in [2.45, 2.75) is 19.3 Å². The normalized spacial score (nSPS) is 10.2. The summed E-state index contributed by atoms with van der Waals surface area (Å²) >= 11 is 0. The molecular formula is C16H17N3O. The Kier molecular flexibility index (Phi) is 4.56. The summed E-state index contributed by atoms with van der Waals surface area (Å²) < 4.78 is 0. The number of carbonyl (C=O) groups is 1. The summed E-state index contributed by atoms with van der Waals surface area (Å²) in [5.41, 5.74) is 7.58. The van der Waals surface area contributed by atoms with Crippen LogP contribution in [0.15, 0.2) is 30.3 Å². The lowest BCUT2D eigenvalue weighted by atomic mass is 10.1. The zero-order chi connectivity index (χ0) is 14.4. The number of unbranched alkanes of at least 4 members (excludes halogenated alkanes) is 2. The molecular weight excluding hydrogens is 250 g/mol. The van der Waals surface area contributed by atoms with E-state index in [-0.39, 0.29) is 5.91 Å². The first kappa shape index (κ1) is 13.9. The molecule has 0 unspecified atom stereocenters. The van der Waals surface area contributed by atoms with Gasteiger partial charge in [-0.1, -0.05) is 18.2 Å². The Labute approximate surface area is 118 Å². The quantitative estimate of drug-likeness (QED) is 0.645. The molecule has 0 bridgehead atoms. The molecule has 2 rings (SSSR count). The van der Waals surface area contributed by atoms with Gasteiger partial charge in [-0.05, 0) is 25.0 Å². The summed E-state index contributed by atoms with van der Waals surface area (Å²) in [6.07, 6.45) is 7.67. The largest absolute Gasteiger partial charge is 0.398 e. The number of aromatic nitrogens is 1. The van der Waals surface area contributed by atoms with Crippen LogP contribution in [0, 0.1) is 12.3 Å². The number of benzene rings is 1. The Morgan fingerprint density at radius 3 is 2.95 bits per heavy atom. The molecule has 0 aliphatic rings. The fraction of sp³-hybridized carbons (Fsp3) is 0.250. The van der Waals surface area contributed by atoms with Crippen LogP contribution < -0.4 is 11.1 Å². The van der Waals surface area contributed by atoms with Gasteiger partial charge >= 0.3 is 0 Å². The van der Waals surface area contributed by atoms with Gasteiger partial charge in [0.05, 0.1) is 5.52 Å². The van der Waals surface area contributed by atoms with Crippen LogP contribution in [0.1, 0.15) is 29.8 Å². The van der Waals surface area contributed by atoms with Gasteiger partial charge < -0.3 is 11.1 Å². The monoisotopic (exact) mass is 267 g/mol. The average Bonchev–Trinajstić information content (AvgIpc) is 2.47. The highest BCUT2D eigenvalue weighted by molar-refractivity contribution is 5.99. The van der Waals surface area contributed by atoms with Crippen molar-refractivity contribution >= 4 is 22.5 Å². The van der Waals surface area contributed by atoms with Crippen LogP contribution in [0.2, 0.25) is 0 Å². The zero-order valence-electron chi connectivity index (χ0n) is 11.2. The number of hydrogen-bond acceptors (Lipinski definition) is 3. The third-order valence-electron chi connectivity index (χ3n) is 3.01. The van der Waals surface area contributed by atoms with Crippen LogP contribution >= 0.6 is 0 Å². The van der Waals surface area contributed by atoms with Gasteiger partial charge in [0.15, 0.2) is 0 Å². The van der Waals surface area contributed by atoms with Crippen molar-refractivity contribution in [1.82, 2.24) is 10.3 Å². The van der Waals surface area contributed by atoms with Crippen molar-refractivity contribution in [3.63, 3.8) is 0 Å². The fourth-order valence-corrected chi connectivity index (χ4v) is 1.96. The van der Waals surface area contributed by atoms with E-state index in [4.69, 9.17) is 12.2 Å². The average molecular weight is 267 g/mol. The number of nitrogens with zero attached hydrogens (tertiary/aromatic N) is 1. The SMILES string of the molecule is C#CCCCCNC(=O)c1cc(N)c2ccccc2n1. The molecule has 4 nitrogen and oxygen atoms in total. The summed E-state index contributed by atoms with van der Waals surface area (Å²) in [4.78, 5) is 16.3. The summed E-state index contributed by atoms with van der Waals surface area (Å²) in [5.74, 6) is 2.37. The van der Waals surface area contributed by atoms with Crippen LogP contribution in [0.5, 0.6) is 0 Å². The first-order valence-corrected chi connectivity index (χ1v) is 6.59. The standard InChI is InChI=1S/C16H17N3O/c1-2-3-4-7-10-18-16(20)15-11-13(17)12-8-5-6-9-14(12)19-15/h1,5-6,8-9,11H,3-4,7,10H2,(H2,17,19)(H,18,20). The van der Waals surface area contributed by atoms with Gasteiger partial charge in [-0.25, -0.2) is 4.98 Å². The van der Waals surface area contributed by atoms with E-state index >= 15 is 0 Å². The second-order valence-electron chi connectivity index (χ2n) is 4.53. The number of terminal acetylenes is 1. The number of para-hydroxylation sites is 1. The number of anilines is 1. The molecule has 0 aliphatic carbocycles. The topological polar surface area (TPSA) is 68.0 Å². The van der Waals surface area contributed by atoms with Crippen molar-refractivity contribution in [2.75, 3.05) is 12.3 Å². The molecule has 3 N–H and O–H groups in total. The van der Waals surface area contributed by atoms with E-state index in [9.17, 15) is 4.79 Å². The minimum atomic E-state index is -0.205. The molecule has 4 heteroatoms. The lowest BCUT2D eigenvalue weighted by Gasteiger charge is -2.07. The summed E-state index contributed by atoms with van der Waals surface area (Å²) in [5, 5.41) is 3.68. The first-order chi connectivity index (χ1) is 9.72. The predicted octanol–water partition coefficient (Wildman–Crippen LogP) is 2.35. The van der Waals surface area contributed by atoms with Crippen LogP contribution in [-0.4, -0.2) is 17.4 Å². The third kappa shape index (κ3) is 3.27. The second-order valence-corrected chi connectivity index (χ2v) is 4.53. The molecule has 0 spiro atoms. The maximum Gasteiger partial charge on any atom is 0.269 e. The van der Waals surface area contributed by atoms with E-state index in [1.165, 1.54) is 0 Å². The van der Waals surface area contributed by atoms with Gasteiger partial charge in [0, 0.05) is 24.0 Å². The van der Waals surface area contributed by atoms with Gasteiger partial charge in [0.2, 0.25) is 0 Å². The number of pyridine rings is 1. The Hall–Kier alpha value is -2.54. The fourth-order valence-electron chi connectivity index (χ4n) is 1.96. The van der Waals surface area contributed by atoms with Crippen molar-refractivity contribution in [3.8, 4) is 12.3 Å². The van der Waals surface area contributed by atoms with Crippen LogP contribution in [0.25, 0.3) is 10.9 Å². The number of hydrogen-bond donors (Lipinski definition) is 2. The van der Waals surface area contributed by atoms with E-state index in [0.29, 0.717) is 17.9 Å². The molecule has 20 heavy (non-hydrogen) atoms. The first-order valence-electron chi connectivity index (χ1n) is 6.59. The van der Waals surface area contributed by atoms with Crippen molar-refractivity contribution in [2.24, 2.45) is 0 Å². The van der Waals surface area contributed by atoms with Crippen molar-refractivity contribution < 1.29 is 4.79 Å². The highest BCUT2D eigenvalue weighted by Crippen LogP contribution is 2.19. The second kappa shape index (κ2) is 6.58. The molecule has 1 amide bonds. The Balaban J connectivity index is 2.05. The number of carbonyl (C=O) groups excluding carboxylic acids is 1. The number of fused-ring (bicyclic) bond motifs is 1. The van der Waals surface area contributed by atoms with Crippen LogP contribution in [0.4, 0.5) is 5.69 Å². The predicted molar refractivity (Wildman–Crippen MR) is 81.2 cm³/mol. The van der Waals surface area contributed by atoms with Gasteiger partial charge in [0.1, 0.15) is 5.69 Å². The molecule has 0 saturated carbocycles. The van der Waals surface area contributed by atoms with E-state index in [1.54, 1.807) is 6.07 Å². The molecule has 1 aromatic carbocycles. The summed E-state index contributed by atoms with van der Waals surface area (Å²) in [6, 6.07) is 9.11. The van der Waals surface area contributed by atoms with Gasteiger partial charge in [-0.3, -0.25) is 4.79 Å². The number of nitrogens with two attached hydrogens (primary N) is 1. The number of nitrogens with one attached hydrogen (secondary N) is 1. The van der Waals surface area contributed by atoms with Crippen molar-refractivity contribution in [1.29, 1.82) is 0 Å². The molecule has 0 radical (unpaired) electrons. The highest BCUT2D eigenvalue weighted by atomic mass is 16.1. The Bertz CT molecular complexity index is 658. The number of amides is 1. The van der Waals surface area contributed by atoms with E-state index in [0.717, 1.165) is 30.2 Å². The molecule has 2 aromatic rings. The van der Waals surface area contributed by atoms with Gasteiger partial charge in [0.25, 0.3) is 5.91 Å². The Morgan fingerprint density at radius 2 is 2.15 bits per heavy atom. The lowest BCUT2D eigenvalue weighted by Crippen LogP contribution is -2.25. The van der Waals surface area contributed by atoms with Crippen LogP contribution in [0.3, 0.4) is 0 Å². The van der Waals surface area contributed by atoms with Crippen LogP contribution in [-0.2, 0) is 0 Å². The molecule has 102 valence electrons. The zero-order valence-corrected chi connectivity index (χ0v) is 11.2. The minimum Gasteiger partial charge on any atom is -0.398 e. The smallest absolute Gasteiger partial charge is 0.269 e. The minimum absolute atomic E-state index is 0.205. The summed E-state index contributed by atoms with van der Waals surface area (Å²) in [7, 11) is 0. The Morgan fingerprint density at radius 1 is 1.35 bits per heavy atom. The number of rotatable bonds is 5. The molecule has 0 atom stereocenters. The number of nitrogen functional groups attached to an aromatic ring is 1. The maximum atomic E-state index is 12.0. The molecule has 0 saturated heterocycles. The van der Waals surface area contributed by atoms with E-state index in [1.807, 2.05) is 24.3 Å². The maximum absolute atomic E-state index is 12.0. The molecule has 0 aliphatic heterocycles. The van der Waals surface area contributed by atoms with Gasteiger partial charge in [-0.15, -0.1) is 12.3 Å².